The molecule has 0 spiro atoms. The SMILES string of the molecule is COCCCNCC(C)OC1CCCC1. The van der Waals surface area contributed by atoms with Crippen molar-refractivity contribution in [2.45, 2.75) is 51.2 Å². The van der Waals surface area contributed by atoms with Gasteiger partial charge in [0.15, 0.2) is 0 Å². The molecule has 0 heterocycles. The lowest BCUT2D eigenvalue weighted by Gasteiger charge is -2.18. The minimum Gasteiger partial charge on any atom is -0.385 e. The number of hydrogen-bond donors (Lipinski definition) is 1. The lowest BCUT2D eigenvalue weighted by atomic mass is 10.3. The van der Waals surface area contributed by atoms with Gasteiger partial charge in [0.2, 0.25) is 0 Å². The Hall–Kier alpha value is -0.120. The molecule has 1 rings (SSSR count). The Bertz CT molecular complexity index is 147. The molecule has 90 valence electrons. The van der Waals surface area contributed by atoms with Gasteiger partial charge < -0.3 is 14.8 Å². The standard InChI is InChI=1S/C12H25NO2/c1-11(10-13-8-5-9-14-2)15-12-6-3-4-7-12/h11-13H,3-10H2,1-2H3. The van der Waals surface area contributed by atoms with Gasteiger partial charge >= 0.3 is 0 Å². The lowest BCUT2D eigenvalue weighted by Crippen LogP contribution is -2.30. The first-order chi connectivity index (χ1) is 7.33. The van der Waals surface area contributed by atoms with E-state index in [1.54, 1.807) is 7.11 Å². The Morgan fingerprint density at radius 3 is 2.73 bits per heavy atom. The first-order valence-electron chi connectivity index (χ1n) is 6.18. The van der Waals surface area contributed by atoms with Crippen molar-refractivity contribution in [2.75, 3.05) is 26.8 Å². The fourth-order valence-corrected chi connectivity index (χ4v) is 2.05. The minimum absolute atomic E-state index is 0.343. The van der Waals surface area contributed by atoms with Gasteiger partial charge in [-0.05, 0) is 32.7 Å². The highest BCUT2D eigenvalue weighted by Crippen LogP contribution is 2.21. The molecule has 0 aliphatic heterocycles. The minimum atomic E-state index is 0.343. The molecule has 0 radical (unpaired) electrons. The second-order valence-corrected chi connectivity index (χ2v) is 4.40. The second-order valence-electron chi connectivity index (χ2n) is 4.40. The highest BCUT2D eigenvalue weighted by atomic mass is 16.5. The summed E-state index contributed by atoms with van der Waals surface area (Å²) in [6, 6.07) is 0. The average molecular weight is 215 g/mol. The van der Waals surface area contributed by atoms with Crippen LogP contribution in [0.5, 0.6) is 0 Å². The molecule has 1 aliphatic carbocycles. The number of nitrogens with one attached hydrogen (secondary N) is 1. The van der Waals surface area contributed by atoms with Crippen LogP contribution in [0.4, 0.5) is 0 Å². The van der Waals surface area contributed by atoms with Crippen molar-refractivity contribution in [2.24, 2.45) is 0 Å². The van der Waals surface area contributed by atoms with Crippen LogP contribution in [0.1, 0.15) is 39.0 Å². The largest absolute Gasteiger partial charge is 0.385 e. The van der Waals surface area contributed by atoms with Gasteiger partial charge in [-0.25, -0.2) is 0 Å². The molecule has 1 saturated carbocycles. The zero-order valence-electron chi connectivity index (χ0n) is 10.1. The Morgan fingerprint density at radius 1 is 1.33 bits per heavy atom. The van der Waals surface area contributed by atoms with Crippen LogP contribution in [-0.4, -0.2) is 39.0 Å². The predicted molar refractivity (Wildman–Crippen MR) is 62.2 cm³/mol. The Kier molecular flexibility index (Phi) is 6.98. The van der Waals surface area contributed by atoms with E-state index in [-0.39, 0.29) is 0 Å². The quantitative estimate of drug-likeness (QED) is 0.628. The molecule has 1 unspecified atom stereocenters. The van der Waals surface area contributed by atoms with E-state index < -0.39 is 0 Å². The van der Waals surface area contributed by atoms with Crippen molar-refractivity contribution in [3.05, 3.63) is 0 Å². The molecular weight excluding hydrogens is 190 g/mol. The monoisotopic (exact) mass is 215 g/mol. The Balaban J connectivity index is 1.91. The third-order valence-electron chi connectivity index (χ3n) is 2.86. The van der Waals surface area contributed by atoms with Crippen molar-refractivity contribution in [1.82, 2.24) is 5.32 Å². The normalized spacial score (nSPS) is 19.6. The fraction of sp³-hybridized carbons (Fsp3) is 1.00. The molecule has 1 fully saturated rings. The molecule has 0 bridgehead atoms. The third kappa shape index (κ3) is 6.13. The summed E-state index contributed by atoms with van der Waals surface area (Å²) >= 11 is 0. The van der Waals surface area contributed by atoms with Gasteiger partial charge in [0, 0.05) is 20.3 Å². The molecule has 3 heteroatoms. The van der Waals surface area contributed by atoms with Crippen molar-refractivity contribution in [3.63, 3.8) is 0 Å². The smallest absolute Gasteiger partial charge is 0.0675 e. The van der Waals surface area contributed by atoms with Gasteiger partial charge in [-0.2, -0.15) is 0 Å². The van der Waals surface area contributed by atoms with E-state index in [9.17, 15) is 0 Å². The number of methoxy groups -OCH3 is 1. The highest BCUT2D eigenvalue weighted by molar-refractivity contribution is 4.69. The summed E-state index contributed by atoms with van der Waals surface area (Å²) in [6.45, 7) is 4.97. The molecule has 0 aromatic carbocycles. The van der Waals surface area contributed by atoms with Crippen LogP contribution in [-0.2, 0) is 9.47 Å². The Morgan fingerprint density at radius 2 is 2.07 bits per heavy atom. The zero-order valence-corrected chi connectivity index (χ0v) is 10.1. The van der Waals surface area contributed by atoms with Crippen molar-refractivity contribution < 1.29 is 9.47 Å². The number of ether oxygens (including phenoxy) is 2. The maximum Gasteiger partial charge on any atom is 0.0675 e. The Labute approximate surface area is 93.5 Å². The number of rotatable bonds is 8. The highest BCUT2D eigenvalue weighted by Gasteiger charge is 2.17. The predicted octanol–water partition coefficient (Wildman–Crippen LogP) is 1.96. The van der Waals surface area contributed by atoms with Crippen LogP contribution >= 0.6 is 0 Å². The summed E-state index contributed by atoms with van der Waals surface area (Å²) in [5, 5.41) is 3.39. The molecule has 0 aromatic heterocycles. The average Bonchev–Trinajstić information content (AvgIpc) is 2.70. The first-order valence-corrected chi connectivity index (χ1v) is 6.18. The number of hydrogen-bond acceptors (Lipinski definition) is 3. The first kappa shape index (κ1) is 12.9. The summed E-state index contributed by atoms with van der Waals surface area (Å²) in [4.78, 5) is 0. The molecule has 1 N–H and O–H groups in total. The molecular formula is C12H25NO2. The van der Waals surface area contributed by atoms with E-state index >= 15 is 0 Å². The summed E-state index contributed by atoms with van der Waals surface area (Å²) in [5.41, 5.74) is 0. The van der Waals surface area contributed by atoms with E-state index in [1.807, 2.05) is 0 Å². The molecule has 0 aromatic rings. The summed E-state index contributed by atoms with van der Waals surface area (Å²) < 4.78 is 10.9. The van der Waals surface area contributed by atoms with Crippen LogP contribution in [0, 0.1) is 0 Å². The topological polar surface area (TPSA) is 30.5 Å². The molecule has 1 atom stereocenters. The molecule has 3 nitrogen and oxygen atoms in total. The van der Waals surface area contributed by atoms with Gasteiger partial charge in [-0.15, -0.1) is 0 Å². The van der Waals surface area contributed by atoms with Crippen LogP contribution in [0.25, 0.3) is 0 Å². The summed E-state index contributed by atoms with van der Waals surface area (Å²) in [7, 11) is 1.74. The van der Waals surface area contributed by atoms with E-state index in [2.05, 4.69) is 12.2 Å². The lowest BCUT2D eigenvalue weighted by molar-refractivity contribution is 0.00303. The van der Waals surface area contributed by atoms with Crippen molar-refractivity contribution >= 4 is 0 Å². The molecule has 0 amide bonds. The van der Waals surface area contributed by atoms with E-state index in [0.29, 0.717) is 12.2 Å². The van der Waals surface area contributed by atoms with Gasteiger partial charge in [-0.3, -0.25) is 0 Å². The van der Waals surface area contributed by atoms with E-state index in [1.165, 1.54) is 25.7 Å². The molecule has 0 saturated heterocycles. The van der Waals surface area contributed by atoms with Crippen LogP contribution in [0.3, 0.4) is 0 Å². The second kappa shape index (κ2) is 8.08. The van der Waals surface area contributed by atoms with Gasteiger partial charge in [0.1, 0.15) is 0 Å². The van der Waals surface area contributed by atoms with Crippen molar-refractivity contribution in [1.29, 1.82) is 0 Å². The maximum absolute atomic E-state index is 5.92. The van der Waals surface area contributed by atoms with Crippen LogP contribution in [0.2, 0.25) is 0 Å². The van der Waals surface area contributed by atoms with Crippen LogP contribution < -0.4 is 5.32 Å². The zero-order chi connectivity index (χ0) is 10.9. The summed E-state index contributed by atoms with van der Waals surface area (Å²) in [5.74, 6) is 0. The molecule has 1 aliphatic rings. The van der Waals surface area contributed by atoms with Gasteiger partial charge in [0.25, 0.3) is 0 Å². The molecule has 15 heavy (non-hydrogen) atoms. The third-order valence-corrected chi connectivity index (χ3v) is 2.86. The van der Waals surface area contributed by atoms with Gasteiger partial charge in [0.05, 0.1) is 12.2 Å². The fourth-order valence-electron chi connectivity index (χ4n) is 2.05. The van der Waals surface area contributed by atoms with Crippen molar-refractivity contribution in [3.8, 4) is 0 Å². The van der Waals surface area contributed by atoms with Gasteiger partial charge in [-0.1, -0.05) is 12.8 Å². The van der Waals surface area contributed by atoms with E-state index in [4.69, 9.17) is 9.47 Å². The van der Waals surface area contributed by atoms with Crippen LogP contribution in [0.15, 0.2) is 0 Å². The van der Waals surface area contributed by atoms with E-state index in [0.717, 1.165) is 26.1 Å². The maximum atomic E-state index is 5.92. The summed E-state index contributed by atoms with van der Waals surface area (Å²) in [6.07, 6.45) is 7.16.